The van der Waals surface area contributed by atoms with E-state index in [-0.39, 0.29) is 23.7 Å². The van der Waals surface area contributed by atoms with Gasteiger partial charge in [0.05, 0.1) is 0 Å². The Morgan fingerprint density at radius 3 is 2.42 bits per heavy atom. The maximum Gasteiger partial charge on any atom is 0.326 e. The van der Waals surface area contributed by atoms with Crippen LogP contribution in [0.25, 0.3) is 0 Å². The van der Waals surface area contributed by atoms with E-state index in [0.29, 0.717) is 0 Å². The van der Waals surface area contributed by atoms with E-state index in [4.69, 9.17) is 4.42 Å². The number of hydrogen-bond donors (Lipinski definition) is 2. The topological polar surface area (TPSA) is 114 Å². The Hall–Kier alpha value is -2.61. The highest BCUT2D eigenvalue weighted by Gasteiger charge is 2.23. The Balaban J connectivity index is 2.07. The van der Waals surface area contributed by atoms with Gasteiger partial charge in [-0.3, -0.25) is 4.79 Å². The third kappa shape index (κ3) is 5.24. The number of nitrogens with one attached hydrogen (secondary N) is 1. The first-order valence-corrected chi connectivity index (χ1v) is 9.14. The van der Waals surface area contributed by atoms with Crippen molar-refractivity contribution in [2.75, 3.05) is 6.26 Å². The fraction of sp³-hybridized carbons (Fsp3) is 0.250. The molecule has 1 aromatic heterocycles. The smallest absolute Gasteiger partial charge is 0.326 e. The molecule has 0 aliphatic heterocycles. The normalized spacial score (nSPS) is 12.5. The van der Waals surface area contributed by atoms with Crippen LogP contribution in [0.4, 0.5) is 0 Å². The minimum atomic E-state index is -3.29. The number of carbonyl (C=O) groups is 2. The molecule has 2 aromatic rings. The number of aliphatic carboxylic acids is 1. The fourth-order valence-corrected chi connectivity index (χ4v) is 2.79. The summed E-state index contributed by atoms with van der Waals surface area (Å²) in [6, 6.07) is 10.5. The van der Waals surface area contributed by atoms with Crippen molar-refractivity contribution in [3.05, 3.63) is 59.5 Å². The van der Waals surface area contributed by atoms with Crippen molar-refractivity contribution < 1.29 is 27.5 Å². The van der Waals surface area contributed by atoms with Gasteiger partial charge < -0.3 is 14.8 Å². The zero-order valence-electron chi connectivity index (χ0n) is 12.9. The van der Waals surface area contributed by atoms with Gasteiger partial charge in [0.2, 0.25) is 0 Å². The first kappa shape index (κ1) is 17.7. The van der Waals surface area contributed by atoms with Crippen molar-refractivity contribution in [1.82, 2.24) is 5.32 Å². The summed E-state index contributed by atoms with van der Waals surface area (Å²) in [7, 11) is -3.29. The molecule has 0 bridgehead atoms. The van der Waals surface area contributed by atoms with Crippen molar-refractivity contribution in [2.24, 2.45) is 0 Å². The molecule has 8 heteroatoms. The highest BCUT2D eigenvalue weighted by atomic mass is 32.2. The number of rotatable bonds is 7. The van der Waals surface area contributed by atoms with E-state index in [9.17, 15) is 23.1 Å². The second-order valence-corrected chi connectivity index (χ2v) is 7.53. The number of carbonyl (C=O) groups excluding carboxylic acids is 1. The van der Waals surface area contributed by atoms with Gasteiger partial charge in [0.1, 0.15) is 17.6 Å². The number of amides is 1. The molecule has 128 valence electrons. The van der Waals surface area contributed by atoms with Gasteiger partial charge in [-0.2, -0.15) is 0 Å². The standard InChI is InChI=1S/C16H17NO6S/c1-24(21,22)10-12-7-8-14(23-12)15(18)17-13(16(19)20)9-11-5-3-2-4-6-11/h2-8,13H,9-10H2,1H3,(H,17,18)(H,19,20)/t13-/m1/s1. The predicted molar refractivity (Wildman–Crippen MR) is 86.3 cm³/mol. The first-order valence-electron chi connectivity index (χ1n) is 7.08. The van der Waals surface area contributed by atoms with Crippen LogP contribution in [0.15, 0.2) is 46.9 Å². The average molecular weight is 351 g/mol. The van der Waals surface area contributed by atoms with E-state index in [1.54, 1.807) is 24.3 Å². The summed E-state index contributed by atoms with van der Waals surface area (Å²) in [4.78, 5) is 23.4. The molecule has 2 N–H and O–H groups in total. The van der Waals surface area contributed by atoms with E-state index in [0.717, 1.165) is 11.8 Å². The summed E-state index contributed by atoms with van der Waals surface area (Å²) in [5.41, 5.74) is 0.766. The van der Waals surface area contributed by atoms with Crippen LogP contribution >= 0.6 is 0 Å². The Labute approximate surface area is 139 Å². The Bertz CT molecular complexity index is 825. The van der Waals surface area contributed by atoms with Crippen molar-refractivity contribution in [2.45, 2.75) is 18.2 Å². The SMILES string of the molecule is CS(=O)(=O)Cc1ccc(C(=O)N[C@H](Cc2ccccc2)C(=O)O)o1. The number of carboxylic acid groups (broad SMARTS) is 1. The quantitative estimate of drug-likeness (QED) is 0.776. The highest BCUT2D eigenvalue weighted by molar-refractivity contribution is 7.89. The molecule has 0 fully saturated rings. The number of furan rings is 1. The van der Waals surface area contributed by atoms with Crippen molar-refractivity contribution in [3.8, 4) is 0 Å². The Morgan fingerprint density at radius 1 is 1.17 bits per heavy atom. The van der Waals surface area contributed by atoms with Gasteiger partial charge in [-0.15, -0.1) is 0 Å². The van der Waals surface area contributed by atoms with Crippen LogP contribution in [-0.2, 0) is 26.8 Å². The minimum Gasteiger partial charge on any atom is -0.480 e. The van der Waals surface area contributed by atoms with Crippen molar-refractivity contribution >= 4 is 21.7 Å². The third-order valence-electron chi connectivity index (χ3n) is 3.18. The fourth-order valence-electron chi connectivity index (χ4n) is 2.12. The molecule has 0 spiro atoms. The summed E-state index contributed by atoms with van der Waals surface area (Å²) >= 11 is 0. The lowest BCUT2D eigenvalue weighted by Crippen LogP contribution is -2.42. The molecule has 0 saturated heterocycles. The molecule has 0 saturated carbocycles. The van der Waals surface area contributed by atoms with Crippen LogP contribution in [0.5, 0.6) is 0 Å². The lowest BCUT2D eigenvalue weighted by Gasteiger charge is -2.13. The molecule has 1 heterocycles. The van der Waals surface area contributed by atoms with Gasteiger partial charge in [0.15, 0.2) is 15.6 Å². The van der Waals surface area contributed by atoms with E-state index in [1.165, 1.54) is 12.1 Å². The van der Waals surface area contributed by atoms with Crippen LogP contribution in [0.1, 0.15) is 21.9 Å². The van der Waals surface area contributed by atoms with Gasteiger partial charge in [-0.25, -0.2) is 13.2 Å². The van der Waals surface area contributed by atoms with Crippen LogP contribution in [0.3, 0.4) is 0 Å². The van der Waals surface area contributed by atoms with Crippen LogP contribution < -0.4 is 5.32 Å². The largest absolute Gasteiger partial charge is 0.480 e. The molecule has 0 aliphatic carbocycles. The molecular weight excluding hydrogens is 334 g/mol. The van der Waals surface area contributed by atoms with Gasteiger partial charge in [0, 0.05) is 12.7 Å². The molecule has 7 nitrogen and oxygen atoms in total. The first-order chi connectivity index (χ1) is 11.2. The number of benzene rings is 1. The number of hydrogen-bond acceptors (Lipinski definition) is 5. The molecule has 0 unspecified atom stereocenters. The number of sulfone groups is 1. The molecule has 24 heavy (non-hydrogen) atoms. The molecule has 0 radical (unpaired) electrons. The summed E-state index contributed by atoms with van der Waals surface area (Å²) in [5, 5.41) is 11.6. The monoisotopic (exact) mass is 351 g/mol. The van der Waals surface area contributed by atoms with Crippen molar-refractivity contribution in [1.29, 1.82) is 0 Å². The minimum absolute atomic E-state index is 0.123. The zero-order valence-corrected chi connectivity index (χ0v) is 13.7. The number of carboxylic acids is 1. The second-order valence-electron chi connectivity index (χ2n) is 5.39. The maximum absolute atomic E-state index is 12.1. The molecule has 1 aromatic carbocycles. The van der Waals surface area contributed by atoms with Crippen LogP contribution in [-0.4, -0.2) is 37.7 Å². The second kappa shape index (κ2) is 7.31. The van der Waals surface area contributed by atoms with E-state index in [1.807, 2.05) is 6.07 Å². The lowest BCUT2D eigenvalue weighted by atomic mass is 10.1. The predicted octanol–water partition coefficient (Wildman–Crippen LogP) is 1.25. The van der Waals surface area contributed by atoms with E-state index in [2.05, 4.69) is 5.32 Å². The molecule has 1 amide bonds. The molecular formula is C16H17NO6S. The highest BCUT2D eigenvalue weighted by Crippen LogP contribution is 2.12. The van der Waals surface area contributed by atoms with Gasteiger partial charge >= 0.3 is 5.97 Å². The van der Waals surface area contributed by atoms with Gasteiger partial charge in [-0.05, 0) is 17.7 Å². The summed E-state index contributed by atoms with van der Waals surface area (Å²) in [6.45, 7) is 0. The van der Waals surface area contributed by atoms with Crippen molar-refractivity contribution in [3.63, 3.8) is 0 Å². The molecule has 0 aliphatic rings. The Kier molecular flexibility index (Phi) is 5.40. The average Bonchev–Trinajstić information content (AvgIpc) is 2.94. The Morgan fingerprint density at radius 2 is 1.83 bits per heavy atom. The lowest BCUT2D eigenvalue weighted by molar-refractivity contribution is -0.139. The summed E-state index contributed by atoms with van der Waals surface area (Å²) in [6.07, 6.45) is 1.18. The van der Waals surface area contributed by atoms with E-state index >= 15 is 0 Å². The summed E-state index contributed by atoms with van der Waals surface area (Å²) < 4.78 is 27.6. The molecule has 2 rings (SSSR count). The van der Waals surface area contributed by atoms with Crippen LogP contribution in [0, 0.1) is 0 Å². The van der Waals surface area contributed by atoms with Gasteiger partial charge in [0.25, 0.3) is 5.91 Å². The zero-order chi connectivity index (χ0) is 17.7. The summed E-state index contributed by atoms with van der Waals surface area (Å²) in [5.74, 6) is -2.22. The maximum atomic E-state index is 12.1. The third-order valence-corrected chi connectivity index (χ3v) is 3.98. The van der Waals surface area contributed by atoms with E-state index < -0.39 is 27.8 Å². The molecule has 1 atom stereocenters. The van der Waals surface area contributed by atoms with Crippen LogP contribution in [0.2, 0.25) is 0 Å². The van der Waals surface area contributed by atoms with Gasteiger partial charge in [-0.1, -0.05) is 30.3 Å².